The largest absolute Gasteiger partial charge is 0.478 e. The van der Waals surface area contributed by atoms with Gasteiger partial charge in [-0.15, -0.1) is 0 Å². The van der Waals surface area contributed by atoms with Crippen molar-refractivity contribution in [2.75, 3.05) is 0 Å². The number of carboxylic acids is 1. The van der Waals surface area contributed by atoms with E-state index in [2.05, 4.69) is 0 Å². The Kier molecular flexibility index (Phi) is 2.52. The third kappa shape index (κ3) is 1.62. The van der Waals surface area contributed by atoms with E-state index in [1.165, 1.54) is 6.92 Å². The Labute approximate surface area is 77.8 Å². The van der Waals surface area contributed by atoms with E-state index in [-0.39, 0.29) is 5.56 Å². The first kappa shape index (κ1) is 9.92. The molecule has 0 spiro atoms. The van der Waals surface area contributed by atoms with E-state index in [0.717, 1.165) is 0 Å². The van der Waals surface area contributed by atoms with Crippen LogP contribution in [0.5, 0.6) is 0 Å². The zero-order chi connectivity index (χ0) is 10.2. The molecule has 0 atom stereocenters. The highest BCUT2D eigenvalue weighted by atomic mass is 35.5. The van der Waals surface area contributed by atoms with Gasteiger partial charge in [-0.1, -0.05) is 11.6 Å². The normalized spacial score (nSPS) is 10.2. The number of rotatable bonds is 1. The van der Waals surface area contributed by atoms with Gasteiger partial charge in [0.1, 0.15) is 5.82 Å². The molecular weight excluding hydrogens is 202 g/mol. The zero-order valence-corrected chi connectivity index (χ0v) is 7.32. The van der Waals surface area contributed by atoms with Crippen molar-refractivity contribution >= 4 is 17.6 Å². The van der Waals surface area contributed by atoms with Crippen LogP contribution in [0.1, 0.15) is 15.9 Å². The molecule has 2 nitrogen and oxygen atoms in total. The summed E-state index contributed by atoms with van der Waals surface area (Å²) >= 11 is 5.35. The molecule has 1 N–H and O–H groups in total. The van der Waals surface area contributed by atoms with Crippen molar-refractivity contribution in [1.82, 2.24) is 0 Å². The molecule has 1 aromatic carbocycles. The maximum Gasteiger partial charge on any atom is 0.338 e. The van der Waals surface area contributed by atoms with Gasteiger partial charge in [0.15, 0.2) is 5.82 Å². The van der Waals surface area contributed by atoms with Crippen molar-refractivity contribution in [3.05, 3.63) is 33.9 Å². The molecule has 1 aromatic rings. The van der Waals surface area contributed by atoms with Crippen LogP contribution in [0.3, 0.4) is 0 Å². The zero-order valence-electron chi connectivity index (χ0n) is 6.57. The SMILES string of the molecule is Cc1c(F)cc(C(=O)O)c(F)c1Cl. The third-order valence-electron chi connectivity index (χ3n) is 1.62. The van der Waals surface area contributed by atoms with Gasteiger partial charge in [0, 0.05) is 5.56 Å². The monoisotopic (exact) mass is 206 g/mol. The molecule has 0 heterocycles. The summed E-state index contributed by atoms with van der Waals surface area (Å²) in [4.78, 5) is 10.4. The molecule has 0 saturated heterocycles. The van der Waals surface area contributed by atoms with E-state index in [9.17, 15) is 13.6 Å². The summed E-state index contributed by atoms with van der Waals surface area (Å²) in [6, 6.07) is 0.610. The fourth-order valence-electron chi connectivity index (χ4n) is 0.842. The van der Waals surface area contributed by atoms with Gasteiger partial charge in [-0.2, -0.15) is 0 Å². The predicted octanol–water partition coefficient (Wildman–Crippen LogP) is 2.62. The lowest BCUT2D eigenvalue weighted by Gasteiger charge is -2.03. The Balaban J connectivity index is 3.50. The molecule has 0 aliphatic carbocycles. The molecule has 0 radical (unpaired) electrons. The van der Waals surface area contributed by atoms with E-state index in [0.29, 0.717) is 6.07 Å². The fourth-order valence-corrected chi connectivity index (χ4v) is 1.03. The second-order valence-corrected chi connectivity index (χ2v) is 2.84. The van der Waals surface area contributed by atoms with Crippen molar-refractivity contribution in [1.29, 1.82) is 0 Å². The standard InChI is InChI=1S/C8H5ClF2O2/c1-3-5(10)2-4(8(12)13)7(11)6(3)9/h2H,1H3,(H,12,13). The first-order valence-corrected chi connectivity index (χ1v) is 3.70. The molecule has 13 heavy (non-hydrogen) atoms. The lowest BCUT2D eigenvalue weighted by molar-refractivity contribution is 0.0691. The van der Waals surface area contributed by atoms with Crippen LogP contribution in [-0.4, -0.2) is 11.1 Å². The van der Waals surface area contributed by atoms with Crippen molar-refractivity contribution in [2.45, 2.75) is 6.92 Å². The van der Waals surface area contributed by atoms with E-state index >= 15 is 0 Å². The van der Waals surface area contributed by atoms with Gasteiger partial charge in [0.2, 0.25) is 0 Å². The summed E-state index contributed by atoms with van der Waals surface area (Å²) < 4.78 is 25.9. The van der Waals surface area contributed by atoms with Crippen molar-refractivity contribution < 1.29 is 18.7 Å². The lowest BCUT2D eigenvalue weighted by atomic mass is 10.1. The predicted molar refractivity (Wildman–Crippen MR) is 43.1 cm³/mol. The van der Waals surface area contributed by atoms with Crippen LogP contribution in [0.2, 0.25) is 5.02 Å². The molecule has 0 saturated carbocycles. The summed E-state index contributed by atoms with van der Waals surface area (Å²) in [5.74, 6) is -3.48. The minimum Gasteiger partial charge on any atom is -0.478 e. The lowest BCUT2D eigenvalue weighted by Crippen LogP contribution is -2.03. The van der Waals surface area contributed by atoms with E-state index in [4.69, 9.17) is 16.7 Å². The van der Waals surface area contributed by atoms with Crippen LogP contribution in [0.25, 0.3) is 0 Å². The average Bonchev–Trinajstić information content (AvgIpc) is 2.07. The summed E-state index contributed by atoms with van der Waals surface area (Å²) in [5, 5.41) is 7.95. The van der Waals surface area contributed by atoms with E-state index in [1.807, 2.05) is 0 Å². The highest BCUT2D eigenvalue weighted by Gasteiger charge is 2.18. The Bertz CT molecular complexity index is 377. The molecular formula is C8H5ClF2O2. The van der Waals surface area contributed by atoms with Gasteiger partial charge in [-0.25, -0.2) is 13.6 Å². The second kappa shape index (κ2) is 3.30. The summed E-state index contributed by atoms with van der Waals surface area (Å²) in [6.45, 7) is 1.27. The minimum absolute atomic E-state index is 0.0934. The Morgan fingerprint density at radius 1 is 1.54 bits per heavy atom. The molecule has 1 rings (SSSR count). The number of aromatic carboxylic acids is 1. The van der Waals surface area contributed by atoms with Gasteiger partial charge in [0.25, 0.3) is 0 Å². The van der Waals surface area contributed by atoms with Gasteiger partial charge in [0.05, 0.1) is 10.6 Å². The molecule has 70 valence electrons. The summed E-state index contributed by atoms with van der Waals surface area (Å²) in [7, 11) is 0. The maximum absolute atomic E-state index is 13.0. The Hall–Kier alpha value is -1.16. The topological polar surface area (TPSA) is 37.3 Å². The number of hydrogen-bond acceptors (Lipinski definition) is 1. The van der Waals surface area contributed by atoms with Crippen molar-refractivity contribution in [3.63, 3.8) is 0 Å². The maximum atomic E-state index is 13.0. The van der Waals surface area contributed by atoms with Gasteiger partial charge < -0.3 is 5.11 Å². The number of halogens is 3. The number of carboxylic acid groups (broad SMARTS) is 1. The first-order chi connectivity index (χ1) is 5.95. The van der Waals surface area contributed by atoms with Crippen LogP contribution in [0.4, 0.5) is 8.78 Å². The number of benzene rings is 1. The number of hydrogen-bond donors (Lipinski definition) is 1. The average molecular weight is 207 g/mol. The van der Waals surface area contributed by atoms with Crippen LogP contribution in [0.15, 0.2) is 6.07 Å². The van der Waals surface area contributed by atoms with Gasteiger partial charge >= 0.3 is 5.97 Å². The molecule has 0 aromatic heterocycles. The fraction of sp³-hybridized carbons (Fsp3) is 0.125. The molecule has 0 amide bonds. The first-order valence-electron chi connectivity index (χ1n) is 3.32. The van der Waals surface area contributed by atoms with Crippen LogP contribution in [0, 0.1) is 18.6 Å². The molecule has 0 bridgehead atoms. The second-order valence-electron chi connectivity index (χ2n) is 2.46. The van der Waals surface area contributed by atoms with Crippen LogP contribution < -0.4 is 0 Å². The van der Waals surface area contributed by atoms with E-state index < -0.39 is 28.2 Å². The third-order valence-corrected chi connectivity index (χ3v) is 2.07. The van der Waals surface area contributed by atoms with Gasteiger partial charge in [-0.3, -0.25) is 0 Å². The van der Waals surface area contributed by atoms with Crippen LogP contribution >= 0.6 is 11.6 Å². The highest BCUT2D eigenvalue weighted by Crippen LogP contribution is 2.25. The number of carbonyl (C=O) groups is 1. The molecule has 0 unspecified atom stereocenters. The van der Waals surface area contributed by atoms with Crippen molar-refractivity contribution in [3.8, 4) is 0 Å². The Morgan fingerprint density at radius 3 is 2.54 bits per heavy atom. The summed E-state index contributed by atoms with van der Waals surface area (Å²) in [5.41, 5.74) is -0.850. The summed E-state index contributed by atoms with van der Waals surface area (Å²) in [6.07, 6.45) is 0. The quantitative estimate of drug-likeness (QED) is 0.718. The molecule has 0 fully saturated rings. The molecule has 0 aliphatic rings. The highest BCUT2D eigenvalue weighted by molar-refractivity contribution is 6.31. The van der Waals surface area contributed by atoms with Crippen LogP contribution in [-0.2, 0) is 0 Å². The Morgan fingerprint density at radius 2 is 2.08 bits per heavy atom. The van der Waals surface area contributed by atoms with E-state index in [1.54, 1.807) is 0 Å². The smallest absolute Gasteiger partial charge is 0.338 e. The minimum atomic E-state index is -1.54. The molecule has 5 heteroatoms. The van der Waals surface area contributed by atoms with Crippen molar-refractivity contribution in [2.24, 2.45) is 0 Å². The molecule has 0 aliphatic heterocycles. The van der Waals surface area contributed by atoms with Gasteiger partial charge in [-0.05, 0) is 13.0 Å².